The average Bonchev–Trinajstić information content (AvgIpc) is 2.77. The molecular formula is C29H43NO4. The van der Waals surface area contributed by atoms with E-state index in [4.69, 9.17) is 15.9 Å². The fourth-order valence-electron chi connectivity index (χ4n) is 6.02. The zero-order valence-electron chi connectivity index (χ0n) is 21.3. The molecule has 0 spiro atoms. The third-order valence-corrected chi connectivity index (χ3v) is 7.78. The van der Waals surface area contributed by atoms with Crippen molar-refractivity contribution in [2.45, 2.75) is 90.4 Å². The minimum absolute atomic E-state index is 0.345. The second-order valence-corrected chi connectivity index (χ2v) is 10.6. The van der Waals surface area contributed by atoms with Gasteiger partial charge in [-0.3, -0.25) is 0 Å². The summed E-state index contributed by atoms with van der Waals surface area (Å²) in [4.78, 5) is 19.1. The topological polar surface area (TPSA) is 101 Å². The molecule has 2 aliphatic rings. The van der Waals surface area contributed by atoms with Gasteiger partial charge in [-0.25, -0.2) is 9.59 Å². The molecule has 3 rings (SSSR count). The molecule has 1 aromatic rings. The van der Waals surface area contributed by atoms with Crippen LogP contribution >= 0.6 is 0 Å². The molecule has 0 radical (unpaired) electrons. The summed E-state index contributed by atoms with van der Waals surface area (Å²) in [7, 11) is 0. The molecule has 0 amide bonds. The first-order chi connectivity index (χ1) is 16.0. The summed E-state index contributed by atoms with van der Waals surface area (Å²) in [6.07, 6.45) is 16.4. The third-order valence-electron chi connectivity index (χ3n) is 7.78. The molecular weight excluding hydrogens is 426 g/mol. The number of carboxylic acids is 2. The van der Waals surface area contributed by atoms with Crippen LogP contribution in [0.2, 0.25) is 0 Å². The fourth-order valence-corrected chi connectivity index (χ4v) is 6.02. The van der Waals surface area contributed by atoms with Crippen LogP contribution < -0.4 is 5.73 Å². The number of benzene rings is 1. The maximum Gasteiger partial charge on any atom is 0.328 e. The molecule has 34 heavy (non-hydrogen) atoms. The molecule has 1 fully saturated rings. The molecule has 5 nitrogen and oxygen atoms in total. The molecule has 1 saturated carbocycles. The Balaban J connectivity index is 0.000000440. The monoisotopic (exact) mass is 469 g/mol. The summed E-state index contributed by atoms with van der Waals surface area (Å²) < 4.78 is 0. The van der Waals surface area contributed by atoms with E-state index in [1.165, 1.54) is 50.5 Å². The minimum atomic E-state index is -1.26. The van der Waals surface area contributed by atoms with Gasteiger partial charge in [0.15, 0.2) is 0 Å². The molecule has 4 N–H and O–H groups in total. The first-order valence-corrected chi connectivity index (χ1v) is 12.7. The quantitative estimate of drug-likeness (QED) is 0.238. The summed E-state index contributed by atoms with van der Waals surface area (Å²) in [5.74, 6) is -1.12. The Labute approximate surface area is 205 Å². The van der Waals surface area contributed by atoms with Gasteiger partial charge in [-0.05, 0) is 90.8 Å². The highest BCUT2D eigenvalue weighted by atomic mass is 16.4. The van der Waals surface area contributed by atoms with E-state index in [1.807, 2.05) is 0 Å². The maximum atomic E-state index is 9.55. The molecule has 2 aliphatic carbocycles. The highest BCUT2D eigenvalue weighted by Crippen LogP contribution is 2.57. The smallest absolute Gasteiger partial charge is 0.328 e. The van der Waals surface area contributed by atoms with Crippen LogP contribution in [-0.4, -0.2) is 28.7 Å². The lowest BCUT2D eigenvalue weighted by Gasteiger charge is -2.54. The van der Waals surface area contributed by atoms with E-state index in [9.17, 15) is 9.59 Å². The van der Waals surface area contributed by atoms with E-state index in [1.54, 1.807) is 11.1 Å². The number of hydrogen-bond acceptors (Lipinski definition) is 3. The Morgan fingerprint density at radius 3 is 2.38 bits per heavy atom. The van der Waals surface area contributed by atoms with Crippen molar-refractivity contribution in [3.8, 4) is 0 Å². The largest absolute Gasteiger partial charge is 0.478 e. The highest BCUT2D eigenvalue weighted by molar-refractivity contribution is 5.89. The maximum absolute atomic E-state index is 9.55. The third kappa shape index (κ3) is 7.05. The average molecular weight is 470 g/mol. The molecule has 0 heterocycles. The lowest BCUT2D eigenvalue weighted by molar-refractivity contribution is -0.134. The van der Waals surface area contributed by atoms with Crippen molar-refractivity contribution >= 4 is 11.9 Å². The Hall–Kier alpha value is -2.40. The Kier molecular flexibility index (Phi) is 10.1. The number of carboxylic acid groups (broad SMARTS) is 2. The van der Waals surface area contributed by atoms with Gasteiger partial charge in [-0.2, -0.15) is 0 Å². The molecule has 1 unspecified atom stereocenters. The van der Waals surface area contributed by atoms with Crippen molar-refractivity contribution in [2.24, 2.45) is 17.1 Å². The molecule has 0 bridgehead atoms. The standard InChI is InChI=1S/C25H39N.C4H4O4/c1-19(2)20-10-12-22-21(18-20)11-13-23-24(3,14-7-5-6-8-17-26)15-9-16-25(22,23)4;5-3(6)1-2-4(7)8/h7,10,12,14,18-19,23H,5-6,8-9,11,13,15-17,26H2,1-4H3;1-2H,(H,5,6)(H,7,8)/b14-7-;2-1+/t23?,24-,25+;/m0./s1. The van der Waals surface area contributed by atoms with Crippen LogP contribution in [-0.2, 0) is 21.4 Å². The number of nitrogens with two attached hydrogens (primary N) is 1. The first kappa shape index (κ1) is 27.8. The fraction of sp³-hybridized carbons (Fsp3) is 0.586. The van der Waals surface area contributed by atoms with Gasteiger partial charge in [0.25, 0.3) is 0 Å². The number of carbonyl (C=O) groups is 2. The summed E-state index contributed by atoms with van der Waals surface area (Å²) in [5, 5.41) is 15.6. The Morgan fingerprint density at radius 1 is 1.12 bits per heavy atom. The van der Waals surface area contributed by atoms with E-state index < -0.39 is 11.9 Å². The van der Waals surface area contributed by atoms with Crippen molar-refractivity contribution in [1.82, 2.24) is 0 Å². The van der Waals surface area contributed by atoms with E-state index in [2.05, 4.69) is 58.0 Å². The Morgan fingerprint density at radius 2 is 1.79 bits per heavy atom. The zero-order valence-corrected chi connectivity index (χ0v) is 21.3. The van der Waals surface area contributed by atoms with Gasteiger partial charge >= 0.3 is 11.9 Å². The van der Waals surface area contributed by atoms with Crippen LogP contribution in [0.5, 0.6) is 0 Å². The lowest BCUT2D eigenvalue weighted by atomic mass is 9.49. The molecule has 5 heteroatoms. The van der Waals surface area contributed by atoms with Crippen LogP contribution in [0.15, 0.2) is 42.5 Å². The van der Waals surface area contributed by atoms with Crippen LogP contribution in [0.1, 0.15) is 95.2 Å². The van der Waals surface area contributed by atoms with Crippen LogP contribution in [0.4, 0.5) is 0 Å². The van der Waals surface area contributed by atoms with E-state index in [0.717, 1.165) is 18.9 Å². The number of unbranched alkanes of at least 4 members (excludes halogenated alkanes) is 2. The number of allylic oxidation sites excluding steroid dienone is 2. The van der Waals surface area contributed by atoms with Gasteiger partial charge in [0.2, 0.25) is 0 Å². The molecule has 188 valence electrons. The zero-order chi connectivity index (χ0) is 25.4. The molecule has 1 aromatic carbocycles. The first-order valence-electron chi connectivity index (χ1n) is 12.7. The van der Waals surface area contributed by atoms with Gasteiger partial charge < -0.3 is 15.9 Å². The predicted octanol–water partition coefficient (Wildman–Crippen LogP) is 6.22. The van der Waals surface area contributed by atoms with E-state index in [-0.39, 0.29) is 0 Å². The van der Waals surface area contributed by atoms with Crippen LogP contribution in [0, 0.1) is 11.3 Å². The van der Waals surface area contributed by atoms with Crippen molar-refractivity contribution in [2.75, 3.05) is 6.54 Å². The van der Waals surface area contributed by atoms with Crippen molar-refractivity contribution in [3.63, 3.8) is 0 Å². The van der Waals surface area contributed by atoms with Crippen molar-refractivity contribution < 1.29 is 19.8 Å². The lowest BCUT2D eigenvalue weighted by Crippen LogP contribution is -2.48. The van der Waals surface area contributed by atoms with Gasteiger partial charge in [-0.1, -0.05) is 64.5 Å². The normalized spacial score (nSPS) is 26.1. The second-order valence-electron chi connectivity index (χ2n) is 10.6. The SMILES string of the molecule is CC(C)c1ccc2c(c1)CCC1[C@@](C)(/C=C\CCCCN)CCC[C@]21C.O=C(O)/C=C/C(=O)O. The van der Waals surface area contributed by atoms with Crippen molar-refractivity contribution in [3.05, 3.63) is 59.2 Å². The van der Waals surface area contributed by atoms with E-state index in [0.29, 0.717) is 28.9 Å². The van der Waals surface area contributed by atoms with Gasteiger partial charge in [0.1, 0.15) is 0 Å². The molecule has 0 aliphatic heterocycles. The summed E-state index contributed by atoms with van der Waals surface area (Å²) in [6, 6.07) is 7.38. The highest BCUT2D eigenvalue weighted by Gasteiger charge is 2.50. The summed E-state index contributed by atoms with van der Waals surface area (Å²) >= 11 is 0. The minimum Gasteiger partial charge on any atom is -0.478 e. The molecule has 0 aromatic heterocycles. The van der Waals surface area contributed by atoms with Gasteiger partial charge in [0.05, 0.1) is 0 Å². The second kappa shape index (κ2) is 12.3. The number of aryl methyl sites for hydroxylation is 1. The molecule has 3 atom stereocenters. The predicted molar refractivity (Wildman–Crippen MR) is 138 cm³/mol. The number of aliphatic carboxylic acids is 2. The summed E-state index contributed by atoms with van der Waals surface area (Å²) in [5.41, 5.74) is 11.1. The van der Waals surface area contributed by atoms with Crippen LogP contribution in [0.25, 0.3) is 0 Å². The number of rotatable bonds is 8. The number of hydrogen-bond donors (Lipinski definition) is 3. The van der Waals surface area contributed by atoms with Gasteiger partial charge in [-0.15, -0.1) is 0 Å². The van der Waals surface area contributed by atoms with E-state index >= 15 is 0 Å². The number of fused-ring (bicyclic) bond motifs is 3. The molecule has 0 saturated heterocycles. The van der Waals surface area contributed by atoms with Crippen molar-refractivity contribution in [1.29, 1.82) is 0 Å². The summed E-state index contributed by atoms with van der Waals surface area (Å²) in [6.45, 7) is 10.5. The Bertz CT molecular complexity index is 887. The van der Waals surface area contributed by atoms with Crippen LogP contribution in [0.3, 0.4) is 0 Å². The van der Waals surface area contributed by atoms with Gasteiger partial charge in [0, 0.05) is 12.2 Å².